The van der Waals surface area contributed by atoms with Crippen LogP contribution < -0.4 is 14.2 Å². The van der Waals surface area contributed by atoms with Gasteiger partial charge in [0.1, 0.15) is 5.69 Å². The highest BCUT2D eigenvalue weighted by molar-refractivity contribution is 6.02. The zero-order chi connectivity index (χ0) is 20.4. The van der Waals surface area contributed by atoms with Crippen molar-refractivity contribution in [1.29, 1.82) is 0 Å². The summed E-state index contributed by atoms with van der Waals surface area (Å²) in [6.07, 6.45) is 1.74. The summed E-state index contributed by atoms with van der Waals surface area (Å²) in [6, 6.07) is 13.4. The van der Waals surface area contributed by atoms with Gasteiger partial charge in [0.2, 0.25) is 5.75 Å². The van der Waals surface area contributed by atoms with Crippen molar-refractivity contribution in [2.24, 2.45) is 0 Å². The van der Waals surface area contributed by atoms with Crippen molar-refractivity contribution in [2.45, 2.75) is 6.61 Å². The van der Waals surface area contributed by atoms with E-state index in [4.69, 9.17) is 14.2 Å². The number of hydrogen-bond acceptors (Lipinski definition) is 6. The Hall–Kier alpha value is -3.58. The highest BCUT2D eigenvalue weighted by atomic mass is 16.5. The molecule has 4 rings (SSSR count). The number of nitrogens with zero attached hydrogens (tertiary/aromatic N) is 2. The van der Waals surface area contributed by atoms with Crippen LogP contribution in [0.3, 0.4) is 0 Å². The summed E-state index contributed by atoms with van der Waals surface area (Å²) in [4.78, 5) is 4.42. The molecule has 0 unspecified atom stereocenters. The summed E-state index contributed by atoms with van der Waals surface area (Å²) in [5, 5.41) is 17.7. The van der Waals surface area contributed by atoms with Crippen LogP contribution in [0.1, 0.15) is 5.56 Å². The van der Waals surface area contributed by atoms with E-state index in [0.717, 1.165) is 33.3 Å². The molecule has 7 nitrogen and oxygen atoms in total. The molecule has 2 aromatic carbocycles. The zero-order valence-corrected chi connectivity index (χ0v) is 16.4. The number of benzene rings is 2. The summed E-state index contributed by atoms with van der Waals surface area (Å²) in [5.41, 5.74) is 5.07. The Bertz CT molecular complexity index is 1130. The average Bonchev–Trinajstić information content (AvgIpc) is 3.22. The molecule has 0 saturated carbocycles. The van der Waals surface area contributed by atoms with E-state index in [2.05, 4.69) is 15.2 Å². The van der Waals surface area contributed by atoms with Crippen molar-refractivity contribution in [3.63, 3.8) is 0 Å². The van der Waals surface area contributed by atoms with Crippen molar-refractivity contribution in [1.82, 2.24) is 15.2 Å². The fourth-order valence-corrected chi connectivity index (χ4v) is 3.41. The van der Waals surface area contributed by atoms with Crippen LogP contribution in [0.5, 0.6) is 17.2 Å². The molecule has 0 saturated heterocycles. The minimum atomic E-state index is 0.00837. The predicted molar refractivity (Wildman–Crippen MR) is 110 cm³/mol. The van der Waals surface area contributed by atoms with Crippen molar-refractivity contribution < 1.29 is 19.3 Å². The maximum atomic E-state index is 9.31. The van der Waals surface area contributed by atoms with Crippen LogP contribution in [-0.4, -0.2) is 41.6 Å². The topological polar surface area (TPSA) is 89.5 Å². The van der Waals surface area contributed by atoms with Gasteiger partial charge in [0.15, 0.2) is 17.1 Å². The van der Waals surface area contributed by atoms with E-state index in [9.17, 15) is 5.11 Å². The van der Waals surface area contributed by atoms with Gasteiger partial charge in [-0.3, -0.25) is 5.10 Å². The van der Waals surface area contributed by atoms with Gasteiger partial charge in [-0.1, -0.05) is 24.3 Å². The number of H-pyrrole nitrogens is 1. The third-order valence-electron chi connectivity index (χ3n) is 4.85. The Morgan fingerprint density at radius 1 is 0.897 bits per heavy atom. The van der Waals surface area contributed by atoms with Crippen LogP contribution in [0.25, 0.3) is 33.4 Å². The van der Waals surface area contributed by atoms with Crippen LogP contribution in [-0.2, 0) is 6.61 Å². The molecule has 7 heteroatoms. The molecule has 0 bridgehead atoms. The first-order valence-electron chi connectivity index (χ1n) is 9.03. The van der Waals surface area contributed by atoms with Crippen LogP contribution in [0.15, 0.2) is 48.7 Å². The molecule has 0 amide bonds. The first-order chi connectivity index (χ1) is 14.2. The van der Waals surface area contributed by atoms with Gasteiger partial charge in [-0.15, -0.1) is 0 Å². The summed E-state index contributed by atoms with van der Waals surface area (Å²) in [5.74, 6) is 1.63. The average molecular weight is 391 g/mol. The monoisotopic (exact) mass is 391 g/mol. The highest BCUT2D eigenvalue weighted by Gasteiger charge is 2.19. The number of aromatic nitrogens is 3. The minimum Gasteiger partial charge on any atom is -0.493 e. The van der Waals surface area contributed by atoms with Crippen LogP contribution in [0.4, 0.5) is 0 Å². The number of fused-ring (bicyclic) bond motifs is 1. The van der Waals surface area contributed by atoms with E-state index >= 15 is 0 Å². The molecule has 0 aliphatic carbocycles. The molecule has 0 fully saturated rings. The lowest BCUT2D eigenvalue weighted by atomic mass is 9.98. The summed E-state index contributed by atoms with van der Waals surface area (Å²) >= 11 is 0. The van der Waals surface area contributed by atoms with Gasteiger partial charge in [-0.2, -0.15) is 5.10 Å². The van der Waals surface area contributed by atoms with Gasteiger partial charge in [-0.25, -0.2) is 4.98 Å². The molecule has 2 aromatic heterocycles. The van der Waals surface area contributed by atoms with Gasteiger partial charge >= 0.3 is 0 Å². The molecule has 29 heavy (non-hydrogen) atoms. The lowest BCUT2D eigenvalue weighted by molar-refractivity contribution is 0.282. The van der Waals surface area contributed by atoms with Crippen molar-refractivity contribution in [2.75, 3.05) is 21.3 Å². The molecule has 2 heterocycles. The maximum Gasteiger partial charge on any atom is 0.203 e. The third-order valence-corrected chi connectivity index (χ3v) is 4.85. The number of hydrogen-bond donors (Lipinski definition) is 2. The van der Waals surface area contributed by atoms with Crippen molar-refractivity contribution in [3.05, 3.63) is 54.2 Å². The number of methoxy groups -OCH3 is 3. The molecule has 4 aromatic rings. The van der Waals surface area contributed by atoms with Gasteiger partial charge in [0.25, 0.3) is 0 Å². The minimum absolute atomic E-state index is 0.00837. The second-order valence-corrected chi connectivity index (χ2v) is 6.42. The number of ether oxygens (including phenoxy) is 3. The Labute approximate surface area is 167 Å². The molecule has 0 aliphatic heterocycles. The van der Waals surface area contributed by atoms with E-state index in [1.165, 1.54) is 0 Å². The highest BCUT2D eigenvalue weighted by Crippen LogP contribution is 2.43. The fraction of sp³-hybridized carbons (Fsp3) is 0.182. The van der Waals surface area contributed by atoms with E-state index in [-0.39, 0.29) is 6.61 Å². The summed E-state index contributed by atoms with van der Waals surface area (Å²) in [6.45, 7) is 0.00837. The van der Waals surface area contributed by atoms with Crippen molar-refractivity contribution in [3.8, 4) is 39.6 Å². The Morgan fingerprint density at radius 2 is 1.59 bits per heavy atom. The molecular formula is C22H21N3O4. The van der Waals surface area contributed by atoms with Crippen LogP contribution in [0, 0.1) is 0 Å². The summed E-state index contributed by atoms with van der Waals surface area (Å²) < 4.78 is 16.4. The Kier molecular flexibility index (Phi) is 5.05. The fourth-order valence-electron chi connectivity index (χ4n) is 3.41. The number of aliphatic hydroxyl groups excluding tert-OH is 1. The van der Waals surface area contributed by atoms with E-state index in [1.54, 1.807) is 27.5 Å². The van der Waals surface area contributed by atoms with E-state index in [0.29, 0.717) is 22.9 Å². The number of aromatic amines is 1. The van der Waals surface area contributed by atoms with Gasteiger partial charge in [0.05, 0.1) is 33.3 Å². The SMILES string of the molecule is COc1cc(-c2n[nH]c3nccc(-c4ccc(CO)cc4)c23)cc(OC)c1OC. The number of rotatable bonds is 6. The number of pyridine rings is 1. The predicted octanol–water partition coefficient (Wildman–Crippen LogP) is 3.81. The molecule has 0 aliphatic rings. The standard InChI is InChI=1S/C22H21N3O4/c1-27-17-10-15(11-18(28-2)21(17)29-3)20-19-16(8-9-23-22(19)25-24-20)14-6-4-13(12-26)5-7-14/h4-11,26H,12H2,1-3H3,(H,23,24,25). The second-order valence-electron chi connectivity index (χ2n) is 6.42. The molecule has 148 valence electrons. The van der Waals surface area contributed by atoms with E-state index < -0.39 is 0 Å². The molecule has 2 N–H and O–H groups in total. The zero-order valence-electron chi connectivity index (χ0n) is 16.4. The first kappa shape index (κ1) is 18.8. The molecule has 0 spiro atoms. The lowest BCUT2D eigenvalue weighted by Crippen LogP contribution is -1.96. The molecule has 0 atom stereocenters. The van der Waals surface area contributed by atoms with Crippen LogP contribution >= 0.6 is 0 Å². The smallest absolute Gasteiger partial charge is 0.203 e. The number of aliphatic hydroxyl groups is 1. The molecular weight excluding hydrogens is 370 g/mol. The Morgan fingerprint density at radius 3 is 2.17 bits per heavy atom. The lowest BCUT2D eigenvalue weighted by Gasteiger charge is -2.14. The first-order valence-corrected chi connectivity index (χ1v) is 9.03. The Balaban J connectivity index is 1.94. The van der Waals surface area contributed by atoms with E-state index in [1.807, 2.05) is 42.5 Å². The largest absolute Gasteiger partial charge is 0.493 e. The second kappa shape index (κ2) is 7.81. The maximum absolute atomic E-state index is 9.31. The normalized spacial score (nSPS) is 10.9. The van der Waals surface area contributed by atoms with Gasteiger partial charge in [0, 0.05) is 11.8 Å². The quantitative estimate of drug-likeness (QED) is 0.520. The van der Waals surface area contributed by atoms with Crippen molar-refractivity contribution >= 4 is 11.0 Å². The molecule has 0 radical (unpaired) electrons. The van der Waals surface area contributed by atoms with Gasteiger partial charge < -0.3 is 19.3 Å². The third kappa shape index (κ3) is 3.25. The summed E-state index contributed by atoms with van der Waals surface area (Å²) in [7, 11) is 4.74. The van der Waals surface area contributed by atoms with Gasteiger partial charge in [-0.05, 0) is 34.9 Å². The van der Waals surface area contributed by atoms with Crippen LogP contribution in [0.2, 0.25) is 0 Å². The number of nitrogens with one attached hydrogen (secondary N) is 1.